The summed E-state index contributed by atoms with van der Waals surface area (Å²) in [6, 6.07) is 2.32. The number of anilines is 1. The minimum Gasteiger partial charge on any atom is -0.396 e. The van der Waals surface area contributed by atoms with E-state index in [9.17, 15) is 13.9 Å². The van der Waals surface area contributed by atoms with Gasteiger partial charge in [0.05, 0.1) is 11.8 Å². The van der Waals surface area contributed by atoms with Crippen molar-refractivity contribution in [2.45, 2.75) is 44.4 Å². The van der Waals surface area contributed by atoms with Gasteiger partial charge in [-0.25, -0.2) is 8.78 Å². The highest BCUT2D eigenvalue weighted by molar-refractivity contribution is 5.48. The molecule has 0 aromatic heterocycles. The van der Waals surface area contributed by atoms with E-state index in [4.69, 9.17) is 5.73 Å². The number of hydrogen-bond donors (Lipinski definition) is 3. The van der Waals surface area contributed by atoms with Crippen LogP contribution in [0, 0.1) is 11.6 Å². The van der Waals surface area contributed by atoms with Gasteiger partial charge < -0.3 is 16.2 Å². The van der Waals surface area contributed by atoms with Gasteiger partial charge in [-0.2, -0.15) is 0 Å². The Morgan fingerprint density at radius 1 is 1.22 bits per heavy atom. The Bertz CT molecular complexity index is 418. The Hall–Kier alpha value is -1.20. The molecule has 0 aliphatic heterocycles. The van der Waals surface area contributed by atoms with Gasteiger partial charge in [0.25, 0.3) is 0 Å². The first-order valence-electron chi connectivity index (χ1n) is 6.21. The number of hydrogen-bond acceptors (Lipinski definition) is 3. The predicted octanol–water partition coefficient (Wildman–Crippen LogP) is 1.94. The van der Waals surface area contributed by atoms with Crippen molar-refractivity contribution in [3.05, 3.63) is 29.3 Å². The summed E-state index contributed by atoms with van der Waals surface area (Å²) in [7, 11) is 0. The van der Waals surface area contributed by atoms with E-state index < -0.39 is 11.6 Å². The Morgan fingerprint density at radius 3 is 2.56 bits per heavy atom. The first kappa shape index (κ1) is 13.2. The molecule has 0 spiro atoms. The van der Waals surface area contributed by atoms with E-state index >= 15 is 0 Å². The summed E-state index contributed by atoms with van der Waals surface area (Å²) in [5.41, 5.74) is 6.01. The quantitative estimate of drug-likeness (QED) is 0.724. The van der Waals surface area contributed by atoms with Gasteiger partial charge in [-0.15, -0.1) is 0 Å². The highest BCUT2D eigenvalue weighted by Crippen LogP contribution is 2.21. The Kier molecular flexibility index (Phi) is 4.14. The molecule has 0 saturated heterocycles. The van der Waals surface area contributed by atoms with Crippen LogP contribution in [0.15, 0.2) is 12.1 Å². The van der Waals surface area contributed by atoms with Crippen molar-refractivity contribution >= 4 is 5.69 Å². The molecule has 0 radical (unpaired) electrons. The normalized spacial score (nSPS) is 24.2. The molecule has 3 nitrogen and oxygen atoms in total. The molecule has 0 atom stereocenters. The maximum atomic E-state index is 13.2. The molecule has 0 heterocycles. The van der Waals surface area contributed by atoms with Crippen LogP contribution in [-0.2, 0) is 6.54 Å². The van der Waals surface area contributed by atoms with Crippen LogP contribution in [0.25, 0.3) is 0 Å². The van der Waals surface area contributed by atoms with Crippen LogP contribution in [-0.4, -0.2) is 17.3 Å². The van der Waals surface area contributed by atoms with Crippen LogP contribution >= 0.6 is 0 Å². The second-order valence-electron chi connectivity index (χ2n) is 4.85. The van der Waals surface area contributed by atoms with Gasteiger partial charge in [-0.1, -0.05) is 0 Å². The molecule has 18 heavy (non-hydrogen) atoms. The Labute approximate surface area is 105 Å². The number of aliphatic hydroxyl groups excluding tert-OH is 1. The lowest BCUT2D eigenvalue weighted by molar-refractivity contribution is 0.116. The third kappa shape index (κ3) is 3.17. The summed E-state index contributed by atoms with van der Waals surface area (Å²) < 4.78 is 26.3. The van der Waals surface area contributed by atoms with Crippen LogP contribution in [0.5, 0.6) is 0 Å². The standard InChI is InChI=1S/C13H18F2N2O/c14-9-5-8(13(16)12(15)6-9)7-17-10-1-3-11(18)4-2-10/h5-6,10-11,17-18H,1-4,7,16H2/t10-,11-. The van der Waals surface area contributed by atoms with E-state index in [1.807, 2.05) is 0 Å². The molecule has 1 saturated carbocycles. The van der Waals surface area contributed by atoms with E-state index in [0.717, 1.165) is 31.7 Å². The lowest BCUT2D eigenvalue weighted by Gasteiger charge is -2.26. The number of benzene rings is 1. The number of rotatable bonds is 3. The van der Waals surface area contributed by atoms with E-state index in [0.29, 0.717) is 12.1 Å². The van der Waals surface area contributed by atoms with Crippen molar-refractivity contribution in [2.24, 2.45) is 0 Å². The maximum absolute atomic E-state index is 13.2. The lowest BCUT2D eigenvalue weighted by Crippen LogP contribution is -2.34. The first-order chi connectivity index (χ1) is 8.56. The van der Waals surface area contributed by atoms with Crippen LogP contribution in [0.2, 0.25) is 0 Å². The SMILES string of the molecule is Nc1c(F)cc(F)cc1CN[C@H]1CC[C@H](O)CC1. The van der Waals surface area contributed by atoms with Crippen molar-refractivity contribution in [1.82, 2.24) is 5.32 Å². The minimum absolute atomic E-state index is 0.000237. The van der Waals surface area contributed by atoms with Gasteiger partial charge in [0.2, 0.25) is 0 Å². The smallest absolute Gasteiger partial charge is 0.149 e. The van der Waals surface area contributed by atoms with Crippen LogP contribution in [0.3, 0.4) is 0 Å². The highest BCUT2D eigenvalue weighted by Gasteiger charge is 2.19. The van der Waals surface area contributed by atoms with Crippen molar-refractivity contribution in [2.75, 3.05) is 5.73 Å². The van der Waals surface area contributed by atoms with E-state index in [1.165, 1.54) is 6.07 Å². The average Bonchev–Trinajstić information content (AvgIpc) is 2.34. The van der Waals surface area contributed by atoms with Crippen molar-refractivity contribution in [3.8, 4) is 0 Å². The maximum Gasteiger partial charge on any atom is 0.149 e. The summed E-state index contributed by atoms with van der Waals surface area (Å²) in [5, 5.41) is 12.6. The van der Waals surface area contributed by atoms with E-state index in [-0.39, 0.29) is 17.8 Å². The fraction of sp³-hybridized carbons (Fsp3) is 0.538. The molecule has 1 aromatic rings. The molecule has 1 aromatic carbocycles. The molecule has 0 amide bonds. The molecule has 0 bridgehead atoms. The summed E-state index contributed by atoms with van der Waals surface area (Å²) in [6.07, 6.45) is 3.08. The largest absolute Gasteiger partial charge is 0.396 e. The Morgan fingerprint density at radius 2 is 1.89 bits per heavy atom. The van der Waals surface area contributed by atoms with Crippen LogP contribution in [0.4, 0.5) is 14.5 Å². The fourth-order valence-electron chi connectivity index (χ4n) is 2.32. The minimum atomic E-state index is -0.717. The van der Waals surface area contributed by atoms with E-state index in [1.54, 1.807) is 0 Å². The number of nitrogens with two attached hydrogens (primary N) is 1. The van der Waals surface area contributed by atoms with E-state index in [2.05, 4.69) is 5.32 Å². The zero-order chi connectivity index (χ0) is 13.1. The molecule has 1 fully saturated rings. The summed E-state index contributed by atoms with van der Waals surface area (Å²) in [4.78, 5) is 0. The molecular formula is C13H18F2N2O. The molecule has 2 rings (SSSR count). The molecule has 4 N–H and O–H groups in total. The van der Waals surface area contributed by atoms with Gasteiger partial charge in [0, 0.05) is 18.7 Å². The monoisotopic (exact) mass is 256 g/mol. The zero-order valence-electron chi connectivity index (χ0n) is 10.1. The van der Waals surface area contributed by atoms with Gasteiger partial charge in [-0.05, 0) is 37.3 Å². The van der Waals surface area contributed by atoms with Gasteiger partial charge in [0.1, 0.15) is 11.6 Å². The predicted molar refractivity (Wildman–Crippen MR) is 65.9 cm³/mol. The van der Waals surface area contributed by atoms with Crippen LogP contribution in [0.1, 0.15) is 31.2 Å². The zero-order valence-corrected chi connectivity index (χ0v) is 10.1. The first-order valence-corrected chi connectivity index (χ1v) is 6.21. The highest BCUT2D eigenvalue weighted by atomic mass is 19.1. The van der Waals surface area contributed by atoms with Crippen LogP contribution < -0.4 is 11.1 Å². The van der Waals surface area contributed by atoms with Crippen molar-refractivity contribution < 1.29 is 13.9 Å². The summed E-state index contributed by atoms with van der Waals surface area (Å²) >= 11 is 0. The third-order valence-electron chi connectivity index (χ3n) is 3.46. The molecule has 1 aliphatic rings. The molecule has 1 aliphatic carbocycles. The topological polar surface area (TPSA) is 58.3 Å². The number of aliphatic hydroxyl groups is 1. The second kappa shape index (κ2) is 5.63. The van der Waals surface area contributed by atoms with Gasteiger partial charge in [-0.3, -0.25) is 0 Å². The molecule has 5 heteroatoms. The van der Waals surface area contributed by atoms with Gasteiger partial charge >= 0.3 is 0 Å². The van der Waals surface area contributed by atoms with Crippen molar-refractivity contribution in [1.29, 1.82) is 0 Å². The average molecular weight is 256 g/mol. The second-order valence-corrected chi connectivity index (χ2v) is 4.85. The number of nitrogen functional groups attached to an aromatic ring is 1. The molecule has 100 valence electrons. The number of nitrogens with one attached hydrogen (secondary N) is 1. The number of halogens is 2. The lowest BCUT2D eigenvalue weighted by atomic mass is 9.93. The third-order valence-corrected chi connectivity index (χ3v) is 3.46. The summed E-state index contributed by atoms with van der Waals surface area (Å²) in [6.45, 7) is 0.348. The van der Waals surface area contributed by atoms with Crippen molar-refractivity contribution in [3.63, 3.8) is 0 Å². The molecule has 0 unspecified atom stereocenters. The van der Waals surface area contributed by atoms with Gasteiger partial charge in [0.15, 0.2) is 0 Å². The summed E-state index contributed by atoms with van der Waals surface area (Å²) in [5.74, 6) is -1.33. The fourth-order valence-corrected chi connectivity index (χ4v) is 2.32. The molecular weight excluding hydrogens is 238 g/mol. The Balaban J connectivity index is 1.94.